The van der Waals surface area contributed by atoms with Crippen LogP contribution in [0.4, 0.5) is 0 Å². The van der Waals surface area contributed by atoms with Crippen molar-refractivity contribution < 1.29 is 10.2 Å². The van der Waals surface area contributed by atoms with Gasteiger partial charge in [0.1, 0.15) is 11.5 Å². The van der Waals surface area contributed by atoms with Crippen LogP contribution < -0.4 is 0 Å². The van der Waals surface area contributed by atoms with Crippen molar-refractivity contribution in [2.45, 2.75) is 13.8 Å². The molecule has 2 N–H and O–H groups in total. The summed E-state index contributed by atoms with van der Waals surface area (Å²) in [6.07, 6.45) is 0. The Morgan fingerprint density at radius 3 is 2.06 bits per heavy atom. The molecular weight excluding hydrogens is 200 g/mol. The minimum Gasteiger partial charge on any atom is -0.508 e. The van der Waals surface area contributed by atoms with Gasteiger partial charge >= 0.3 is 0 Å². The molecule has 0 unspecified atom stereocenters. The van der Waals surface area contributed by atoms with Crippen LogP contribution in [0.2, 0.25) is 0 Å². The van der Waals surface area contributed by atoms with Crippen LogP contribution in [0.1, 0.15) is 11.1 Å². The number of aromatic hydroxyl groups is 2. The Morgan fingerprint density at radius 1 is 0.812 bits per heavy atom. The summed E-state index contributed by atoms with van der Waals surface area (Å²) in [5.41, 5.74) is 3.72. The zero-order valence-corrected chi connectivity index (χ0v) is 9.36. The van der Waals surface area contributed by atoms with Crippen molar-refractivity contribution in [1.29, 1.82) is 0 Å². The van der Waals surface area contributed by atoms with Gasteiger partial charge in [0.05, 0.1) is 0 Å². The molecule has 0 aliphatic carbocycles. The van der Waals surface area contributed by atoms with Gasteiger partial charge in [-0.15, -0.1) is 0 Å². The second-order valence-corrected chi connectivity index (χ2v) is 3.95. The molecular formula is C14H14O2. The van der Waals surface area contributed by atoms with E-state index in [1.54, 1.807) is 12.1 Å². The molecule has 0 atom stereocenters. The summed E-state index contributed by atoms with van der Waals surface area (Å²) in [6.45, 7) is 3.77. The Labute approximate surface area is 94.8 Å². The van der Waals surface area contributed by atoms with Crippen molar-refractivity contribution in [3.63, 3.8) is 0 Å². The van der Waals surface area contributed by atoms with E-state index >= 15 is 0 Å². The minimum absolute atomic E-state index is 0.248. The largest absolute Gasteiger partial charge is 0.508 e. The number of benzene rings is 2. The summed E-state index contributed by atoms with van der Waals surface area (Å²) < 4.78 is 0. The summed E-state index contributed by atoms with van der Waals surface area (Å²) in [7, 11) is 0. The van der Waals surface area contributed by atoms with Gasteiger partial charge in [-0.1, -0.05) is 24.3 Å². The number of rotatable bonds is 1. The average Bonchev–Trinajstić information content (AvgIpc) is 2.28. The zero-order valence-electron chi connectivity index (χ0n) is 9.36. The Balaban J connectivity index is 2.57. The van der Waals surface area contributed by atoms with Gasteiger partial charge < -0.3 is 10.2 Å². The average molecular weight is 214 g/mol. The van der Waals surface area contributed by atoms with Gasteiger partial charge in [0.2, 0.25) is 0 Å². The molecule has 2 aromatic rings. The molecule has 2 nitrogen and oxygen atoms in total. The van der Waals surface area contributed by atoms with Crippen LogP contribution in [0.5, 0.6) is 11.5 Å². The summed E-state index contributed by atoms with van der Waals surface area (Å²) >= 11 is 0. The molecule has 0 saturated heterocycles. The molecule has 2 aromatic carbocycles. The number of aryl methyl sites for hydroxylation is 1. The maximum atomic E-state index is 9.85. The molecule has 0 aliphatic heterocycles. The molecule has 0 aromatic heterocycles. The van der Waals surface area contributed by atoms with E-state index in [1.807, 2.05) is 38.1 Å². The SMILES string of the molecule is Cc1ccc(-c2ccc(O)cc2)c(C)c1O. The quantitative estimate of drug-likeness (QED) is 0.764. The van der Waals surface area contributed by atoms with Crippen LogP contribution in [0, 0.1) is 13.8 Å². The van der Waals surface area contributed by atoms with E-state index in [1.165, 1.54) is 0 Å². The second-order valence-electron chi connectivity index (χ2n) is 3.95. The van der Waals surface area contributed by atoms with Crippen molar-refractivity contribution in [1.82, 2.24) is 0 Å². The Morgan fingerprint density at radius 2 is 1.44 bits per heavy atom. The summed E-state index contributed by atoms with van der Waals surface area (Å²) in [6, 6.07) is 10.8. The van der Waals surface area contributed by atoms with Gasteiger partial charge in [0.25, 0.3) is 0 Å². The first-order valence-corrected chi connectivity index (χ1v) is 5.18. The molecule has 16 heavy (non-hydrogen) atoms. The van der Waals surface area contributed by atoms with Gasteiger partial charge in [-0.05, 0) is 48.2 Å². The Hall–Kier alpha value is -1.96. The highest BCUT2D eigenvalue weighted by atomic mass is 16.3. The third kappa shape index (κ3) is 1.74. The fourth-order valence-electron chi connectivity index (χ4n) is 1.79. The first-order valence-electron chi connectivity index (χ1n) is 5.18. The normalized spacial score (nSPS) is 10.4. The standard InChI is InChI=1S/C14H14O2/c1-9-3-8-13(10(2)14(9)16)11-4-6-12(15)7-5-11/h3-8,15-16H,1-2H3. The minimum atomic E-state index is 0.248. The first-order chi connectivity index (χ1) is 7.59. The fourth-order valence-corrected chi connectivity index (χ4v) is 1.79. The Kier molecular flexibility index (Phi) is 2.57. The molecule has 0 aliphatic rings. The summed E-state index contributed by atoms with van der Waals surface area (Å²) in [5.74, 6) is 0.586. The zero-order chi connectivity index (χ0) is 11.7. The van der Waals surface area contributed by atoms with Crippen LogP contribution >= 0.6 is 0 Å². The van der Waals surface area contributed by atoms with Gasteiger partial charge in [-0.2, -0.15) is 0 Å². The van der Waals surface area contributed by atoms with Crippen LogP contribution in [0.3, 0.4) is 0 Å². The van der Waals surface area contributed by atoms with E-state index in [-0.39, 0.29) is 5.75 Å². The van der Waals surface area contributed by atoms with Crippen molar-refractivity contribution in [3.8, 4) is 22.6 Å². The lowest BCUT2D eigenvalue weighted by atomic mass is 9.98. The van der Waals surface area contributed by atoms with Crippen molar-refractivity contribution >= 4 is 0 Å². The number of hydrogen-bond donors (Lipinski definition) is 2. The van der Waals surface area contributed by atoms with Crippen LogP contribution in [-0.4, -0.2) is 10.2 Å². The number of phenols is 2. The Bertz CT molecular complexity index is 513. The predicted molar refractivity (Wildman–Crippen MR) is 64.7 cm³/mol. The fraction of sp³-hybridized carbons (Fsp3) is 0.143. The van der Waals surface area contributed by atoms with E-state index in [9.17, 15) is 10.2 Å². The molecule has 82 valence electrons. The van der Waals surface area contributed by atoms with Crippen LogP contribution in [0.15, 0.2) is 36.4 Å². The maximum Gasteiger partial charge on any atom is 0.122 e. The van der Waals surface area contributed by atoms with E-state index in [0.717, 1.165) is 22.3 Å². The molecule has 0 radical (unpaired) electrons. The monoisotopic (exact) mass is 214 g/mol. The molecule has 0 bridgehead atoms. The van der Waals surface area contributed by atoms with Crippen LogP contribution in [0.25, 0.3) is 11.1 Å². The third-order valence-corrected chi connectivity index (χ3v) is 2.81. The van der Waals surface area contributed by atoms with Gasteiger partial charge in [-0.25, -0.2) is 0 Å². The smallest absolute Gasteiger partial charge is 0.122 e. The molecule has 2 heteroatoms. The molecule has 0 spiro atoms. The lowest BCUT2D eigenvalue weighted by molar-refractivity contribution is 0.467. The summed E-state index contributed by atoms with van der Waals surface area (Å²) in [5, 5.41) is 19.1. The lowest BCUT2D eigenvalue weighted by Crippen LogP contribution is -1.86. The third-order valence-electron chi connectivity index (χ3n) is 2.81. The van der Waals surface area contributed by atoms with Crippen molar-refractivity contribution in [2.24, 2.45) is 0 Å². The summed E-state index contributed by atoms with van der Waals surface area (Å²) in [4.78, 5) is 0. The van der Waals surface area contributed by atoms with Gasteiger partial charge in [-0.3, -0.25) is 0 Å². The van der Waals surface area contributed by atoms with Crippen molar-refractivity contribution in [3.05, 3.63) is 47.5 Å². The lowest BCUT2D eigenvalue weighted by Gasteiger charge is -2.10. The highest BCUT2D eigenvalue weighted by Crippen LogP contribution is 2.32. The molecule has 2 rings (SSSR count). The molecule has 0 saturated carbocycles. The van der Waals surface area contributed by atoms with Gasteiger partial charge in [0, 0.05) is 0 Å². The van der Waals surface area contributed by atoms with Crippen molar-refractivity contribution in [2.75, 3.05) is 0 Å². The maximum absolute atomic E-state index is 9.85. The van der Waals surface area contributed by atoms with E-state index < -0.39 is 0 Å². The topological polar surface area (TPSA) is 40.5 Å². The predicted octanol–water partition coefficient (Wildman–Crippen LogP) is 3.38. The number of phenolic OH excluding ortho intramolecular Hbond substituents is 2. The highest BCUT2D eigenvalue weighted by molar-refractivity contribution is 5.71. The second kappa shape index (κ2) is 3.89. The molecule has 0 heterocycles. The van der Waals surface area contributed by atoms with E-state index in [4.69, 9.17) is 0 Å². The van der Waals surface area contributed by atoms with E-state index in [0.29, 0.717) is 5.75 Å². The number of hydrogen-bond acceptors (Lipinski definition) is 2. The van der Waals surface area contributed by atoms with Gasteiger partial charge in [0.15, 0.2) is 0 Å². The van der Waals surface area contributed by atoms with Crippen LogP contribution in [-0.2, 0) is 0 Å². The van der Waals surface area contributed by atoms with E-state index in [2.05, 4.69) is 0 Å². The highest BCUT2D eigenvalue weighted by Gasteiger charge is 2.07. The first kappa shape index (κ1) is 10.6. The molecule has 0 fully saturated rings. The molecule has 0 amide bonds.